The molecule has 0 amide bonds. The van der Waals surface area contributed by atoms with Crippen molar-refractivity contribution in [1.29, 1.82) is 0 Å². The number of nitrogens with zero attached hydrogens (tertiary/aromatic N) is 2. The fraction of sp³-hybridized carbons (Fsp3) is 0. The molecule has 0 atom stereocenters. The summed E-state index contributed by atoms with van der Waals surface area (Å²) in [6.07, 6.45) is 0. The van der Waals surface area contributed by atoms with Gasteiger partial charge in [0.05, 0.1) is 22.4 Å². The van der Waals surface area contributed by atoms with Crippen molar-refractivity contribution < 1.29 is 0 Å². The normalized spacial score (nSPS) is 11.2. The number of hydrogen-bond acceptors (Lipinski definition) is 1. The predicted molar refractivity (Wildman–Crippen MR) is 237 cm³/mol. The standard InChI is InChI=1S/C54H38N2/c1-3-16-39(17-4-1)40-30-32-43(33-31-40)48-23-8-12-27-52(48)55(51-26-11-7-22-47(51)42-18-5-2-6-19-42)45-36-34-41(35-37-45)44-20-15-21-46(38-44)56-53-28-13-9-24-49(53)50-25-10-14-29-54(50)56/h1-38H. The van der Waals surface area contributed by atoms with Crippen molar-refractivity contribution in [3.05, 3.63) is 231 Å². The van der Waals surface area contributed by atoms with Gasteiger partial charge in [-0.25, -0.2) is 0 Å². The summed E-state index contributed by atoms with van der Waals surface area (Å²) in [6.45, 7) is 0. The molecule has 0 N–H and O–H groups in total. The predicted octanol–water partition coefficient (Wildman–Crippen LogP) is 14.9. The molecule has 10 aromatic rings. The molecule has 0 spiro atoms. The van der Waals surface area contributed by atoms with E-state index < -0.39 is 0 Å². The second-order valence-corrected chi connectivity index (χ2v) is 14.1. The topological polar surface area (TPSA) is 8.17 Å². The van der Waals surface area contributed by atoms with Crippen LogP contribution in [0.5, 0.6) is 0 Å². The van der Waals surface area contributed by atoms with Crippen LogP contribution in [-0.2, 0) is 0 Å². The molecule has 1 aromatic heterocycles. The van der Waals surface area contributed by atoms with Crippen LogP contribution in [0.1, 0.15) is 0 Å². The Morgan fingerprint density at radius 1 is 0.286 bits per heavy atom. The van der Waals surface area contributed by atoms with Crippen molar-refractivity contribution in [2.75, 3.05) is 4.90 Å². The molecule has 0 radical (unpaired) electrons. The molecular weight excluding hydrogens is 677 g/mol. The second kappa shape index (κ2) is 14.4. The maximum Gasteiger partial charge on any atom is 0.0541 e. The Hall–Kier alpha value is -7.42. The van der Waals surface area contributed by atoms with Gasteiger partial charge in [0.2, 0.25) is 0 Å². The molecule has 0 saturated heterocycles. The molecule has 10 rings (SSSR count). The summed E-state index contributed by atoms with van der Waals surface area (Å²) in [6, 6.07) is 83.0. The average molecular weight is 715 g/mol. The molecular formula is C54H38N2. The summed E-state index contributed by atoms with van der Waals surface area (Å²) in [5.41, 5.74) is 16.3. The quantitative estimate of drug-likeness (QED) is 0.152. The van der Waals surface area contributed by atoms with Gasteiger partial charge in [-0.3, -0.25) is 0 Å². The maximum absolute atomic E-state index is 2.42. The van der Waals surface area contributed by atoms with Gasteiger partial charge in [-0.1, -0.05) is 182 Å². The molecule has 0 aliphatic rings. The van der Waals surface area contributed by atoms with Crippen LogP contribution in [0.2, 0.25) is 0 Å². The summed E-state index contributed by atoms with van der Waals surface area (Å²) in [5.74, 6) is 0. The summed E-state index contributed by atoms with van der Waals surface area (Å²) >= 11 is 0. The highest BCUT2D eigenvalue weighted by Gasteiger charge is 2.21. The lowest BCUT2D eigenvalue weighted by Crippen LogP contribution is -2.12. The van der Waals surface area contributed by atoms with Gasteiger partial charge in [0.1, 0.15) is 0 Å². The van der Waals surface area contributed by atoms with Gasteiger partial charge in [0.15, 0.2) is 0 Å². The molecule has 2 heteroatoms. The second-order valence-electron chi connectivity index (χ2n) is 14.1. The minimum Gasteiger partial charge on any atom is -0.309 e. The number of hydrogen-bond donors (Lipinski definition) is 0. The summed E-state index contributed by atoms with van der Waals surface area (Å²) in [5, 5.41) is 2.53. The van der Waals surface area contributed by atoms with Gasteiger partial charge < -0.3 is 9.47 Å². The number of anilines is 3. The fourth-order valence-electron chi connectivity index (χ4n) is 8.15. The van der Waals surface area contributed by atoms with Crippen LogP contribution in [-0.4, -0.2) is 4.57 Å². The zero-order valence-corrected chi connectivity index (χ0v) is 30.8. The van der Waals surface area contributed by atoms with Crippen LogP contribution >= 0.6 is 0 Å². The van der Waals surface area contributed by atoms with Crippen molar-refractivity contribution in [2.45, 2.75) is 0 Å². The third-order valence-corrected chi connectivity index (χ3v) is 10.8. The average Bonchev–Trinajstić information content (AvgIpc) is 3.62. The lowest BCUT2D eigenvalue weighted by atomic mass is 9.97. The van der Waals surface area contributed by atoms with Crippen LogP contribution < -0.4 is 4.90 Å². The van der Waals surface area contributed by atoms with E-state index in [9.17, 15) is 0 Å². The molecule has 0 bridgehead atoms. The van der Waals surface area contributed by atoms with Gasteiger partial charge in [-0.2, -0.15) is 0 Å². The van der Waals surface area contributed by atoms with E-state index in [1.54, 1.807) is 0 Å². The van der Waals surface area contributed by atoms with Crippen LogP contribution in [0.3, 0.4) is 0 Å². The number of para-hydroxylation sites is 4. The Morgan fingerprint density at radius 3 is 1.30 bits per heavy atom. The highest BCUT2D eigenvalue weighted by Crippen LogP contribution is 2.45. The first-order valence-corrected chi connectivity index (χ1v) is 19.2. The Morgan fingerprint density at radius 2 is 0.696 bits per heavy atom. The number of fused-ring (bicyclic) bond motifs is 3. The van der Waals surface area contributed by atoms with Gasteiger partial charge in [0.25, 0.3) is 0 Å². The maximum atomic E-state index is 2.42. The van der Waals surface area contributed by atoms with E-state index in [0.29, 0.717) is 0 Å². The first-order valence-electron chi connectivity index (χ1n) is 19.2. The Bertz CT molecular complexity index is 2890. The highest BCUT2D eigenvalue weighted by molar-refractivity contribution is 6.09. The van der Waals surface area contributed by atoms with Crippen LogP contribution in [0.15, 0.2) is 231 Å². The summed E-state index contributed by atoms with van der Waals surface area (Å²) in [7, 11) is 0. The fourth-order valence-corrected chi connectivity index (χ4v) is 8.15. The lowest BCUT2D eigenvalue weighted by Gasteiger charge is -2.30. The minimum atomic E-state index is 1.09. The van der Waals surface area contributed by atoms with Crippen LogP contribution in [0.25, 0.3) is 72.0 Å². The molecule has 2 nitrogen and oxygen atoms in total. The molecule has 0 unspecified atom stereocenters. The largest absolute Gasteiger partial charge is 0.309 e. The molecule has 0 aliphatic carbocycles. The summed E-state index contributed by atoms with van der Waals surface area (Å²) < 4.78 is 2.38. The minimum absolute atomic E-state index is 1.09. The van der Waals surface area contributed by atoms with Gasteiger partial charge in [-0.15, -0.1) is 0 Å². The van der Waals surface area contributed by atoms with Crippen LogP contribution in [0, 0.1) is 0 Å². The molecule has 1 heterocycles. The van der Waals surface area contributed by atoms with Crippen LogP contribution in [0.4, 0.5) is 17.1 Å². The molecule has 56 heavy (non-hydrogen) atoms. The van der Waals surface area contributed by atoms with E-state index in [0.717, 1.165) is 33.9 Å². The van der Waals surface area contributed by atoms with E-state index in [1.807, 2.05) is 0 Å². The molecule has 9 aromatic carbocycles. The van der Waals surface area contributed by atoms with E-state index in [2.05, 4.69) is 240 Å². The first-order chi connectivity index (χ1) is 27.8. The van der Waals surface area contributed by atoms with Crippen molar-refractivity contribution in [2.24, 2.45) is 0 Å². The third-order valence-electron chi connectivity index (χ3n) is 10.8. The van der Waals surface area contributed by atoms with E-state index in [4.69, 9.17) is 0 Å². The first kappa shape index (κ1) is 33.2. The van der Waals surface area contributed by atoms with Crippen molar-refractivity contribution in [3.8, 4) is 50.2 Å². The Kier molecular flexibility index (Phi) is 8.55. The van der Waals surface area contributed by atoms with Gasteiger partial charge in [0, 0.05) is 33.3 Å². The molecule has 0 aliphatic heterocycles. The third kappa shape index (κ3) is 6.04. The zero-order valence-electron chi connectivity index (χ0n) is 30.8. The number of benzene rings is 9. The van der Waals surface area contributed by atoms with Gasteiger partial charge >= 0.3 is 0 Å². The van der Waals surface area contributed by atoms with E-state index in [-0.39, 0.29) is 0 Å². The van der Waals surface area contributed by atoms with Crippen molar-refractivity contribution >= 4 is 38.9 Å². The number of aromatic nitrogens is 1. The summed E-state index contributed by atoms with van der Waals surface area (Å²) in [4.78, 5) is 2.42. The zero-order chi connectivity index (χ0) is 37.3. The Balaban J connectivity index is 1.08. The van der Waals surface area contributed by atoms with Crippen molar-refractivity contribution in [1.82, 2.24) is 4.57 Å². The molecule has 0 saturated carbocycles. The smallest absolute Gasteiger partial charge is 0.0541 e. The highest BCUT2D eigenvalue weighted by atomic mass is 15.1. The molecule has 264 valence electrons. The molecule has 0 fully saturated rings. The number of rotatable bonds is 8. The Labute approximate surface area is 327 Å². The van der Waals surface area contributed by atoms with Crippen molar-refractivity contribution in [3.63, 3.8) is 0 Å². The lowest BCUT2D eigenvalue weighted by molar-refractivity contribution is 1.18. The van der Waals surface area contributed by atoms with Gasteiger partial charge in [-0.05, 0) is 81.9 Å². The van der Waals surface area contributed by atoms with E-state index in [1.165, 1.54) is 55.2 Å². The van der Waals surface area contributed by atoms with E-state index >= 15 is 0 Å². The SMILES string of the molecule is c1ccc(-c2ccc(-c3ccccc3N(c3ccc(-c4cccc(-n5c6ccccc6c6ccccc65)c4)cc3)c3ccccc3-c3ccccc3)cc2)cc1. The monoisotopic (exact) mass is 714 g/mol.